The lowest BCUT2D eigenvalue weighted by molar-refractivity contribution is -0.0319. The summed E-state index contributed by atoms with van der Waals surface area (Å²) in [7, 11) is 0. The fourth-order valence-corrected chi connectivity index (χ4v) is 4.61. The molecular weight excluding hydrogens is 328 g/mol. The van der Waals surface area contributed by atoms with E-state index in [0.717, 1.165) is 19.3 Å². The Hall–Kier alpha value is -2.38. The SMILES string of the molecule is c1ccc(COC2CCCC2(Cc2ccccc2)Cc2ccccc2)cc1. The molecule has 0 amide bonds. The van der Waals surface area contributed by atoms with Crippen LogP contribution in [0.5, 0.6) is 0 Å². The second-order valence-corrected chi connectivity index (χ2v) is 7.86. The van der Waals surface area contributed by atoms with Crippen molar-refractivity contribution < 1.29 is 4.74 Å². The molecule has 1 heteroatoms. The molecule has 0 heterocycles. The minimum absolute atomic E-state index is 0.178. The van der Waals surface area contributed by atoms with Gasteiger partial charge in [-0.05, 0) is 42.4 Å². The Kier molecular flexibility index (Phi) is 5.69. The van der Waals surface area contributed by atoms with E-state index in [4.69, 9.17) is 4.74 Å². The molecule has 0 bridgehead atoms. The third kappa shape index (κ3) is 4.48. The summed E-state index contributed by atoms with van der Waals surface area (Å²) >= 11 is 0. The molecule has 1 unspecified atom stereocenters. The fraction of sp³-hybridized carbons (Fsp3) is 0.308. The topological polar surface area (TPSA) is 9.23 Å². The van der Waals surface area contributed by atoms with Crippen LogP contribution in [-0.4, -0.2) is 6.10 Å². The number of benzene rings is 3. The highest BCUT2D eigenvalue weighted by atomic mass is 16.5. The van der Waals surface area contributed by atoms with Gasteiger partial charge in [-0.25, -0.2) is 0 Å². The van der Waals surface area contributed by atoms with Gasteiger partial charge in [-0.3, -0.25) is 0 Å². The molecular formula is C26H28O. The molecule has 0 aliphatic heterocycles. The zero-order valence-corrected chi connectivity index (χ0v) is 15.9. The first-order valence-corrected chi connectivity index (χ1v) is 10.1. The Balaban J connectivity index is 1.57. The monoisotopic (exact) mass is 356 g/mol. The Morgan fingerprint density at radius 2 is 1.15 bits per heavy atom. The van der Waals surface area contributed by atoms with E-state index in [9.17, 15) is 0 Å². The summed E-state index contributed by atoms with van der Waals surface area (Å²) in [5.41, 5.74) is 4.28. The van der Waals surface area contributed by atoms with Crippen molar-refractivity contribution >= 4 is 0 Å². The van der Waals surface area contributed by atoms with Crippen molar-refractivity contribution in [3.8, 4) is 0 Å². The molecule has 1 aliphatic carbocycles. The average molecular weight is 357 g/mol. The molecule has 0 saturated heterocycles. The molecule has 0 spiro atoms. The van der Waals surface area contributed by atoms with E-state index in [1.54, 1.807) is 0 Å². The van der Waals surface area contributed by atoms with Gasteiger partial charge in [0.15, 0.2) is 0 Å². The molecule has 1 nitrogen and oxygen atoms in total. The van der Waals surface area contributed by atoms with Crippen molar-refractivity contribution in [3.63, 3.8) is 0 Å². The molecule has 3 aromatic carbocycles. The summed E-state index contributed by atoms with van der Waals surface area (Å²) < 4.78 is 6.55. The van der Waals surface area contributed by atoms with E-state index in [1.807, 2.05) is 0 Å². The second kappa shape index (κ2) is 8.54. The van der Waals surface area contributed by atoms with Crippen LogP contribution in [0.25, 0.3) is 0 Å². The molecule has 27 heavy (non-hydrogen) atoms. The van der Waals surface area contributed by atoms with Crippen molar-refractivity contribution in [1.29, 1.82) is 0 Å². The van der Waals surface area contributed by atoms with Crippen LogP contribution in [0, 0.1) is 5.41 Å². The van der Waals surface area contributed by atoms with Gasteiger partial charge in [0, 0.05) is 5.41 Å². The Bertz CT molecular complexity index is 769. The van der Waals surface area contributed by atoms with Crippen LogP contribution in [0.15, 0.2) is 91.0 Å². The van der Waals surface area contributed by atoms with E-state index in [-0.39, 0.29) is 5.41 Å². The molecule has 1 saturated carbocycles. The largest absolute Gasteiger partial charge is 0.373 e. The lowest BCUT2D eigenvalue weighted by Gasteiger charge is -2.36. The molecule has 3 aromatic rings. The number of hydrogen-bond donors (Lipinski definition) is 0. The lowest BCUT2D eigenvalue weighted by Crippen LogP contribution is -2.36. The van der Waals surface area contributed by atoms with Crippen molar-refractivity contribution in [3.05, 3.63) is 108 Å². The number of rotatable bonds is 7. The summed E-state index contributed by atoms with van der Waals surface area (Å²) in [6.07, 6.45) is 6.12. The molecule has 1 aliphatic rings. The average Bonchev–Trinajstić information content (AvgIpc) is 3.10. The molecule has 0 N–H and O–H groups in total. The molecule has 1 fully saturated rings. The standard InChI is InChI=1S/C26H28O/c1-4-11-22(12-5-1)19-26(20-23-13-6-2-7-14-23)18-10-17-25(26)27-21-24-15-8-3-9-16-24/h1-9,11-16,25H,10,17-21H2. The first kappa shape index (κ1) is 18.0. The van der Waals surface area contributed by atoms with Crippen LogP contribution < -0.4 is 0 Å². The van der Waals surface area contributed by atoms with E-state index >= 15 is 0 Å². The quantitative estimate of drug-likeness (QED) is 0.488. The normalized spacial score (nSPS) is 18.4. The van der Waals surface area contributed by atoms with Gasteiger partial charge in [-0.2, -0.15) is 0 Å². The van der Waals surface area contributed by atoms with Crippen LogP contribution in [0.2, 0.25) is 0 Å². The molecule has 4 rings (SSSR count). The lowest BCUT2D eigenvalue weighted by atomic mass is 9.73. The van der Waals surface area contributed by atoms with Gasteiger partial charge in [0.05, 0.1) is 12.7 Å². The van der Waals surface area contributed by atoms with Gasteiger partial charge in [-0.1, -0.05) is 97.4 Å². The summed E-state index contributed by atoms with van der Waals surface area (Å²) in [4.78, 5) is 0. The predicted octanol–water partition coefficient (Wildman–Crippen LogP) is 6.23. The van der Waals surface area contributed by atoms with Crippen molar-refractivity contribution in [2.75, 3.05) is 0 Å². The maximum Gasteiger partial charge on any atom is 0.0720 e. The third-order valence-electron chi connectivity index (χ3n) is 5.92. The van der Waals surface area contributed by atoms with E-state index in [2.05, 4.69) is 91.0 Å². The van der Waals surface area contributed by atoms with Crippen molar-refractivity contribution in [1.82, 2.24) is 0 Å². The number of ether oxygens (including phenoxy) is 1. The fourth-order valence-electron chi connectivity index (χ4n) is 4.61. The first-order chi connectivity index (χ1) is 13.3. The Labute approximate surface area is 163 Å². The second-order valence-electron chi connectivity index (χ2n) is 7.86. The van der Waals surface area contributed by atoms with Gasteiger partial charge in [0.25, 0.3) is 0 Å². The summed E-state index contributed by atoms with van der Waals surface area (Å²) in [6, 6.07) is 32.4. The van der Waals surface area contributed by atoms with Crippen molar-refractivity contribution in [2.45, 2.75) is 44.8 Å². The highest BCUT2D eigenvalue weighted by molar-refractivity contribution is 5.23. The zero-order valence-electron chi connectivity index (χ0n) is 15.9. The maximum absolute atomic E-state index is 6.55. The Morgan fingerprint density at radius 1 is 0.667 bits per heavy atom. The minimum Gasteiger partial charge on any atom is -0.373 e. The maximum atomic E-state index is 6.55. The van der Waals surface area contributed by atoms with Crippen molar-refractivity contribution in [2.24, 2.45) is 5.41 Å². The molecule has 138 valence electrons. The van der Waals surface area contributed by atoms with E-state index in [0.29, 0.717) is 12.7 Å². The summed E-state index contributed by atoms with van der Waals surface area (Å²) in [6.45, 7) is 0.705. The van der Waals surface area contributed by atoms with Gasteiger partial charge in [-0.15, -0.1) is 0 Å². The molecule has 1 atom stereocenters. The van der Waals surface area contributed by atoms with Gasteiger partial charge < -0.3 is 4.74 Å². The van der Waals surface area contributed by atoms with E-state index in [1.165, 1.54) is 29.5 Å². The number of hydrogen-bond acceptors (Lipinski definition) is 1. The Morgan fingerprint density at radius 3 is 1.67 bits per heavy atom. The molecule has 0 radical (unpaired) electrons. The predicted molar refractivity (Wildman–Crippen MR) is 112 cm³/mol. The summed E-state index contributed by atoms with van der Waals surface area (Å²) in [5.74, 6) is 0. The highest BCUT2D eigenvalue weighted by Crippen LogP contribution is 2.46. The minimum atomic E-state index is 0.178. The van der Waals surface area contributed by atoms with Crippen LogP contribution in [-0.2, 0) is 24.2 Å². The van der Waals surface area contributed by atoms with Crippen LogP contribution in [0.4, 0.5) is 0 Å². The zero-order chi connectivity index (χ0) is 18.4. The smallest absolute Gasteiger partial charge is 0.0720 e. The van der Waals surface area contributed by atoms with Gasteiger partial charge in [0.2, 0.25) is 0 Å². The van der Waals surface area contributed by atoms with Gasteiger partial charge >= 0.3 is 0 Å². The highest BCUT2D eigenvalue weighted by Gasteiger charge is 2.43. The van der Waals surface area contributed by atoms with E-state index < -0.39 is 0 Å². The first-order valence-electron chi connectivity index (χ1n) is 10.1. The summed E-state index contributed by atoms with van der Waals surface area (Å²) in [5, 5.41) is 0. The van der Waals surface area contributed by atoms with Crippen LogP contribution >= 0.6 is 0 Å². The van der Waals surface area contributed by atoms with Crippen LogP contribution in [0.1, 0.15) is 36.0 Å². The molecule has 0 aromatic heterocycles. The third-order valence-corrected chi connectivity index (χ3v) is 5.92. The van der Waals surface area contributed by atoms with Gasteiger partial charge in [0.1, 0.15) is 0 Å². The van der Waals surface area contributed by atoms with Crippen LogP contribution in [0.3, 0.4) is 0 Å².